The maximum absolute atomic E-state index is 12.2. The van der Waals surface area contributed by atoms with E-state index in [0.717, 1.165) is 22.6 Å². The van der Waals surface area contributed by atoms with Crippen molar-refractivity contribution in [2.75, 3.05) is 12.4 Å². The van der Waals surface area contributed by atoms with Crippen LogP contribution in [0.1, 0.15) is 15.9 Å². The number of rotatable bonds is 4. The van der Waals surface area contributed by atoms with Gasteiger partial charge in [0.1, 0.15) is 5.75 Å². The van der Waals surface area contributed by atoms with Gasteiger partial charge in [-0.15, -0.1) is 11.3 Å². The van der Waals surface area contributed by atoms with Crippen LogP contribution >= 0.6 is 23.6 Å². The molecule has 0 bridgehead atoms. The van der Waals surface area contributed by atoms with Gasteiger partial charge in [-0.2, -0.15) is 0 Å². The van der Waals surface area contributed by atoms with Gasteiger partial charge in [0.2, 0.25) is 0 Å². The molecular weight excluding hydrogens is 366 g/mol. The number of ether oxygens (including phenoxy) is 1. The topological polar surface area (TPSA) is 63.2 Å². The quantitative estimate of drug-likeness (QED) is 0.660. The van der Waals surface area contributed by atoms with E-state index in [0.29, 0.717) is 10.7 Å². The van der Waals surface area contributed by atoms with Gasteiger partial charge in [0.15, 0.2) is 10.2 Å². The summed E-state index contributed by atoms with van der Waals surface area (Å²) < 4.78 is 5.16. The molecule has 0 saturated carbocycles. The predicted octanol–water partition coefficient (Wildman–Crippen LogP) is 4.25. The molecular formula is C19H17N3O2S2. The minimum atomic E-state index is -0.255. The summed E-state index contributed by atoms with van der Waals surface area (Å²) in [6.45, 7) is 1.97. The average molecular weight is 383 g/mol. The third kappa shape index (κ3) is 4.44. The van der Waals surface area contributed by atoms with Crippen LogP contribution in [0.4, 0.5) is 5.13 Å². The largest absolute Gasteiger partial charge is 0.497 e. The molecule has 5 nitrogen and oxygen atoms in total. The first kappa shape index (κ1) is 18.0. The first-order valence-electron chi connectivity index (χ1n) is 7.84. The lowest BCUT2D eigenvalue weighted by Gasteiger charge is -2.07. The molecule has 132 valence electrons. The molecule has 1 aromatic heterocycles. The van der Waals surface area contributed by atoms with E-state index in [1.165, 1.54) is 11.3 Å². The lowest BCUT2D eigenvalue weighted by Crippen LogP contribution is -2.34. The van der Waals surface area contributed by atoms with E-state index in [-0.39, 0.29) is 11.0 Å². The van der Waals surface area contributed by atoms with Gasteiger partial charge in [-0.05, 0) is 55.5 Å². The molecule has 0 unspecified atom stereocenters. The summed E-state index contributed by atoms with van der Waals surface area (Å²) in [5.41, 5.74) is 3.45. The molecule has 7 heteroatoms. The summed E-state index contributed by atoms with van der Waals surface area (Å²) in [5.74, 6) is 0.539. The van der Waals surface area contributed by atoms with Crippen molar-refractivity contribution in [2.45, 2.75) is 6.92 Å². The van der Waals surface area contributed by atoms with Crippen LogP contribution in [0.3, 0.4) is 0 Å². The SMILES string of the molecule is COc1ccc(-c2csc(NC(=S)NC(=O)c3ccc(C)cc3)n2)cc1. The van der Waals surface area contributed by atoms with Crippen molar-refractivity contribution in [3.05, 3.63) is 65.0 Å². The van der Waals surface area contributed by atoms with Crippen LogP contribution in [0.5, 0.6) is 5.75 Å². The Morgan fingerprint density at radius 1 is 1.12 bits per heavy atom. The van der Waals surface area contributed by atoms with Gasteiger partial charge >= 0.3 is 0 Å². The van der Waals surface area contributed by atoms with Crippen molar-refractivity contribution in [2.24, 2.45) is 0 Å². The monoisotopic (exact) mass is 383 g/mol. The standard InChI is InChI=1S/C19H17N3O2S2/c1-12-3-5-14(6-4-12)17(23)21-18(25)22-19-20-16(11-26-19)13-7-9-15(24-2)10-8-13/h3-11H,1-2H3,(H2,20,21,22,23,25). The molecule has 0 spiro atoms. The van der Waals surface area contributed by atoms with Crippen molar-refractivity contribution in [3.63, 3.8) is 0 Å². The van der Waals surface area contributed by atoms with E-state index in [1.54, 1.807) is 19.2 Å². The van der Waals surface area contributed by atoms with Gasteiger partial charge in [-0.3, -0.25) is 10.1 Å². The van der Waals surface area contributed by atoms with Crippen molar-refractivity contribution >= 4 is 39.7 Å². The Kier molecular flexibility index (Phi) is 5.60. The molecule has 0 aliphatic carbocycles. The molecule has 0 atom stereocenters. The second-order valence-electron chi connectivity index (χ2n) is 5.54. The molecule has 0 radical (unpaired) electrons. The summed E-state index contributed by atoms with van der Waals surface area (Å²) in [4.78, 5) is 16.7. The Morgan fingerprint density at radius 3 is 2.46 bits per heavy atom. The second kappa shape index (κ2) is 8.07. The first-order valence-corrected chi connectivity index (χ1v) is 9.13. The maximum Gasteiger partial charge on any atom is 0.257 e. The second-order valence-corrected chi connectivity index (χ2v) is 6.81. The van der Waals surface area contributed by atoms with Crippen LogP contribution in [-0.4, -0.2) is 23.1 Å². The highest BCUT2D eigenvalue weighted by Gasteiger charge is 2.10. The molecule has 1 amide bonds. The molecule has 0 fully saturated rings. The lowest BCUT2D eigenvalue weighted by molar-refractivity contribution is 0.0977. The Labute approximate surface area is 161 Å². The zero-order valence-electron chi connectivity index (χ0n) is 14.3. The van der Waals surface area contributed by atoms with Crippen LogP contribution in [0.2, 0.25) is 0 Å². The van der Waals surface area contributed by atoms with Crippen molar-refractivity contribution in [1.82, 2.24) is 10.3 Å². The Balaban J connectivity index is 1.62. The van der Waals surface area contributed by atoms with E-state index in [2.05, 4.69) is 15.6 Å². The lowest BCUT2D eigenvalue weighted by atomic mass is 10.1. The van der Waals surface area contributed by atoms with Crippen molar-refractivity contribution in [3.8, 4) is 17.0 Å². The number of benzene rings is 2. The number of aryl methyl sites for hydroxylation is 1. The molecule has 3 rings (SSSR count). The number of nitrogens with one attached hydrogen (secondary N) is 2. The van der Waals surface area contributed by atoms with Crippen LogP contribution in [0.15, 0.2) is 53.9 Å². The summed E-state index contributed by atoms with van der Waals surface area (Å²) in [6.07, 6.45) is 0. The fraction of sp³-hybridized carbons (Fsp3) is 0.105. The van der Waals surface area contributed by atoms with Crippen LogP contribution in [0.25, 0.3) is 11.3 Å². The van der Waals surface area contributed by atoms with Gasteiger partial charge in [0.25, 0.3) is 5.91 Å². The van der Waals surface area contributed by atoms with Crippen LogP contribution < -0.4 is 15.4 Å². The number of carbonyl (C=O) groups is 1. The summed E-state index contributed by atoms with van der Waals surface area (Å²) in [5, 5.41) is 8.36. The average Bonchev–Trinajstić information content (AvgIpc) is 3.10. The number of aromatic nitrogens is 1. The summed E-state index contributed by atoms with van der Waals surface area (Å²) in [7, 11) is 1.63. The first-order chi connectivity index (χ1) is 12.5. The Morgan fingerprint density at radius 2 is 1.81 bits per heavy atom. The number of thiazole rings is 1. The van der Waals surface area contributed by atoms with E-state index in [4.69, 9.17) is 17.0 Å². The Bertz CT molecular complexity index is 919. The van der Waals surface area contributed by atoms with Crippen molar-refractivity contribution in [1.29, 1.82) is 0 Å². The highest BCUT2D eigenvalue weighted by molar-refractivity contribution is 7.80. The Hall–Kier alpha value is -2.77. The molecule has 1 heterocycles. The highest BCUT2D eigenvalue weighted by atomic mass is 32.1. The van der Waals surface area contributed by atoms with Gasteiger partial charge in [0.05, 0.1) is 12.8 Å². The number of carbonyl (C=O) groups excluding carboxylic acids is 1. The number of thiocarbonyl (C=S) groups is 1. The molecule has 3 aromatic rings. The minimum Gasteiger partial charge on any atom is -0.497 e. The van der Waals surface area contributed by atoms with Crippen LogP contribution in [0, 0.1) is 6.92 Å². The summed E-state index contributed by atoms with van der Waals surface area (Å²) in [6, 6.07) is 14.9. The van der Waals surface area contributed by atoms with E-state index >= 15 is 0 Å². The van der Waals surface area contributed by atoms with Crippen LogP contribution in [-0.2, 0) is 0 Å². The number of methoxy groups -OCH3 is 1. The third-order valence-electron chi connectivity index (χ3n) is 3.65. The molecule has 26 heavy (non-hydrogen) atoms. The zero-order chi connectivity index (χ0) is 18.5. The van der Waals surface area contributed by atoms with Gasteiger partial charge in [0, 0.05) is 16.5 Å². The maximum atomic E-state index is 12.2. The van der Waals surface area contributed by atoms with E-state index in [9.17, 15) is 4.79 Å². The summed E-state index contributed by atoms with van der Waals surface area (Å²) >= 11 is 6.62. The van der Waals surface area contributed by atoms with E-state index < -0.39 is 0 Å². The normalized spacial score (nSPS) is 10.2. The number of amides is 1. The predicted molar refractivity (Wildman–Crippen MR) is 109 cm³/mol. The molecule has 0 saturated heterocycles. The number of anilines is 1. The minimum absolute atomic E-state index is 0.214. The molecule has 0 aliphatic heterocycles. The number of nitrogens with zero attached hydrogens (tertiary/aromatic N) is 1. The zero-order valence-corrected chi connectivity index (χ0v) is 15.9. The van der Waals surface area contributed by atoms with E-state index in [1.807, 2.05) is 48.7 Å². The van der Waals surface area contributed by atoms with Gasteiger partial charge < -0.3 is 10.1 Å². The number of hydrogen-bond donors (Lipinski definition) is 2. The fourth-order valence-electron chi connectivity index (χ4n) is 2.23. The molecule has 2 N–H and O–H groups in total. The third-order valence-corrected chi connectivity index (χ3v) is 4.61. The fourth-order valence-corrected chi connectivity index (χ4v) is 3.21. The number of hydrogen-bond acceptors (Lipinski definition) is 5. The molecule has 2 aromatic carbocycles. The van der Waals surface area contributed by atoms with Gasteiger partial charge in [-0.25, -0.2) is 4.98 Å². The van der Waals surface area contributed by atoms with Gasteiger partial charge in [-0.1, -0.05) is 17.7 Å². The highest BCUT2D eigenvalue weighted by Crippen LogP contribution is 2.26. The molecule has 0 aliphatic rings. The smallest absolute Gasteiger partial charge is 0.257 e. The van der Waals surface area contributed by atoms with Crippen molar-refractivity contribution < 1.29 is 9.53 Å².